The molecule has 4 heteroatoms. The topological polar surface area (TPSA) is 43.8 Å². The summed E-state index contributed by atoms with van der Waals surface area (Å²) in [5, 5.41) is 0. The van der Waals surface area contributed by atoms with Crippen molar-refractivity contribution in [1.29, 1.82) is 0 Å². The summed E-state index contributed by atoms with van der Waals surface area (Å²) >= 11 is 1.89. The van der Waals surface area contributed by atoms with Crippen molar-refractivity contribution < 1.29 is 0 Å². The van der Waals surface area contributed by atoms with Gasteiger partial charge in [0.25, 0.3) is 0 Å². The van der Waals surface area contributed by atoms with Crippen LogP contribution in [0.3, 0.4) is 0 Å². The molecule has 0 atom stereocenters. The summed E-state index contributed by atoms with van der Waals surface area (Å²) in [6, 6.07) is 6.09. The van der Waals surface area contributed by atoms with Crippen LogP contribution in [0.2, 0.25) is 0 Å². The molecule has 0 aliphatic rings. The first-order valence-electron chi connectivity index (χ1n) is 5.70. The maximum Gasteiger partial charge on any atom is 0.0945 e. The smallest absolute Gasteiger partial charge is 0.0945 e. The van der Waals surface area contributed by atoms with Gasteiger partial charge in [-0.15, -0.1) is 11.8 Å². The maximum absolute atomic E-state index is 5.73. The summed E-state index contributed by atoms with van der Waals surface area (Å²) < 4.78 is 2.11. The Balaban J connectivity index is 1.78. The minimum atomic E-state index is 0.838. The van der Waals surface area contributed by atoms with E-state index in [-0.39, 0.29) is 0 Å². The summed E-state index contributed by atoms with van der Waals surface area (Å²) in [5.41, 5.74) is 7.83. The lowest BCUT2D eigenvalue weighted by Crippen LogP contribution is -1.96. The summed E-state index contributed by atoms with van der Waals surface area (Å²) in [5.74, 6) is 1.11. The molecule has 2 rings (SSSR count). The fraction of sp³-hybridized carbons (Fsp3) is 0.308. The molecule has 0 saturated heterocycles. The molecule has 1 aromatic carbocycles. The monoisotopic (exact) mass is 247 g/mol. The third kappa shape index (κ3) is 3.53. The van der Waals surface area contributed by atoms with Gasteiger partial charge >= 0.3 is 0 Å². The lowest BCUT2D eigenvalue weighted by molar-refractivity contribution is 0.683. The molecule has 1 heterocycles. The lowest BCUT2D eigenvalue weighted by atomic mass is 10.2. The van der Waals surface area contributed by atoms with Crippen LogP contribution in [-0.2, 0) is 6.54 Å². The van der Waals surface area contributed by atoms with E-state index in [0.29, 0.717) is 0 Å². The molecular weight excluding hydrogens is 230 g/mol. The maximum atomic E-state index is 5.73. The molecule has 0 spiro atoms. The SMILES string of the molecule is Cc1cc(N)ccc1SCCCn1ccnc1. The van der Waals surface area contributed by atoms with Crippen LogP contribution in [0.1, 0.15) is 12.0 Å². The van der Waals surface area contributed by atoms with E-state index < -0.39 is 0 Å². The van der Waals surface area contributed by atoms with Crippen LogP contribution in [0, 0.1) is 6.92 Å². The first-order chi connectivity index (χ1) is 8.25. The summed E-state index contributed by atoms with van der Waals surface area (Å²) in [6.07, 6.45) is 6.82. The summed E-state index contributed by atoms with van der Waals surface area (Å²) in [6.45, 7) is 3.13. The van der Waals surface area contributed by atoms with Gasteiger partial charge in [0.15, 0.2) is 0 Å². The number of nitrogens with zero attached hydrogens (tertiary/aromatic N) is 2. The molecule has 0 fully saturated rings. The van der Waals surface area contributed by atoms with Gasteiger partial charge in [0.1, 0.15) is 0 Å². The number of rotatable bonds is 5. The highest BCUT2D eigenvalue weighted by molar-refractivity contribution is 7.99. The minimum absolute atomic E-state index is 0.838. The van der Waals surface area contributed by atoms with E-state index in [4.69, 9.17) is 5.73 Å². The van der Waals surface area contributed by atoms with Crippen molar-refractivity contribution in [3.8, 4) is 0 Å². The van der Waals surface area contributed by atoms with Gasteiger partial charge < -0.3 is 10.3 Å². The highest BCUT2D eigenvalue weighted by atomic mass is 32.2. The number of nitrogen functional groups attached to an aromatic ring is 1. The number of aromatic nitrogens is 2. The Labute approximate surface area is 106 Å². The quantitative estimate of drug-likeness (QED) is 0.502. The van der Waals surface area contributed by atoms with E-state index in [2.05, 4.69) is 22.5 Å². The molecular formula is C13H17N3S. The number of hydrogen-bond donors (Lipinski definition) is 1. The third-order valence-electron chi connectivity index (χ3n) is 2.58. The Morgan fingerprint density at radius 3 is 3.00 bits per heavy atom. The number of thioether (sulfide) groups is 1. The molecule has 0 aliphatic heterocycles. The molecule has 2 N–H and O–H groups in total. The number of anilines is 1. The van der Waals surface area contributed by atoms with Gasteiger partial charge in [-0.2, -0.15) is 0 Å². The van der Waals surface area contributed by atoms with Gasteiger partial charge in [-0.1, -0.05) is 0 Å². The van der Waals surface area contributed by atoms with Crippen molar-refractivity contribution in [1.82, 2.24) is 9.55 Å². The Hall–Kier alpha value is -1.42. The van der Waals surface area contributed by atoms with Gasteiger partial charge in [-0.05, 0) is 42.9 Å². The highest BCUT2D eigenvalue weighted by Crippen LogP contribution is 2.24. The second-order valence-electron chi connectivity index (χ2n) is 4.03. The second-order valence-corrected chi connectivity index (χ2v) is 5.16. The van der Waals surface area contributed by atoms with Gasteiger partial charge in [-0.25, -0.2) is 4.98 Å². The first kappa shape index (κ1) is 12.0. The van der Waals surface area contributed by atoms with Crippen LogP contribution < -0.4 is 5.73 Å². The van der Waals surface area contributed by atoms with Crippen LogP contribution in [0.5, 0.6) is 0 Å². The molecule has 90 valence electrons. The normalized spacial score (nSPS) is 10.6. The Morgan fingerprint density at radius 1 is 1.41 bits per heavy atom. The summed E-state index contributed by atoms with van der Waals surface area (Å²) in [7, 11) is 0. The van der Waals surface area contributed by atoms with Crippen LogP contribution in [0.25, 0.3) is 0 Å². The number of imidazole rings is 1. The van der Waals surface area contributed by atoms with E-state index in [1.165, 1.54) is 10.5 Å². The van der Waals surface area contributed by atoms with Crippen molar-refractivity contribution in [2.75, 3.05) is 11.5 Å². The number of benzene rings is 1. The highest BCUT2D eigenvalue weighted by Gasteiger charge is 1.99. The van der Waals surface area contributed by atoms with Crippen LogP contribution in [0.4, 0.5) is 5.69 Å². The van der Waals surface area contributed by atoms with Gasteiger partial charge in [0.05, 0.1) is 6.33 Å². The molecule has 3 nitrogen and oxygen atoms in total. The molecule has 17 heavy (non-hydrogen) atoms. The van der Waals surface area contributed by atoms with Crippen LogP contribution >= 0.6 is 11.8 Å². The zero-order chi connectivity index (χ0) is 12.1. The fourth-order valence-corrected chi connectivity index (χ4v) is 2.63. The molecule has 0 aliphatic carbocycles. The molecule has 1 aromatic heterocycles. The lowest BCUT2D eigenvalue weighted by Gasteiger charge is -2.06. The van der Waals surface area contributed by atoms with Crippen molar-refractivity contribution >= 4 is 17.4 Å². The standard InChI is InChI=1S/C13H17N3S/c1-11-9-12(14)3-4-13(11)17-8-2-6-16-7-5-15-10-16/h3-5,7,9-10H,2,6,8,14H2,1H3. The zero-order valence-corrected chi connectivity index (χ0v) is 10.8. The molecule has 0 bridgehead atoms. The fourth-order valence-electron chi connectivity index (χ4n) is 1.68. The van der Waals surface area contributed by atoms with E-state index in [9.17, 15) is 0 Å². The van der Waals surface area contributed by atoms with Crippen LogP contribution in [0.15, 0.2) is 41.8 Å². The van der Waals surface area contributed by atoms with Gasteiger partial charge in [0.2, 0.25) is 0 Å². The zero-order valence-electron chi connectivity index (χ0n) is 9.97. The number of nitrogens with two attached hydrogens (primary N) is 1. The molecule has 0 unspecified atom stereocenters. The van der Waals surface area contributed by atoms with Crippen LogP contribution in [-0.4, -0.2) is 15.3 Å². The third-order valence-corrected chi connectivity index (χ3v) is 3.84. The Bertz CT molecular complexity index is 466. The van der Waals surface area contributed by atoms with E-state index in [1.807, 2.05) is 42.6 Å². The van der Waals surface area contributed by atoms with E-state index in [0.717, 1.165) is 24.4 Å². The predicted molar refractivity (Wildman–Crippen MR) is 73.2 cm³/mol. The first-order valence-corrected chi connectivity index (χ1v) is 6.69. The van der Waals surface area contributed by atoms with Crippen molar-refractivity contribution in [2.24, 2.45) is 0 Å². The van der Waals surface area contributed by atoms with Gasteiger partial charge in [-0.3, -0.25) is 0 Å². The van der Waals surface area contributed by atoms with Crippen molar-refractivity contribution in [3.05, 3.63) is 42.5 Å². The summed E-state index contributed by atoms with van der Waals surface area (Å²) in [4.78, 5) is 5.35. The van der Waals surface area contributed by atoms with Crippen molar-refractivity contribution in [2.45, 2.75) is 24.8 Å². The Morgan fingerprint density at radius 2 is 2.29 bits per heavy atom. The molecule has 0 saturated carbocycles. The van der Waals surface area contributed by atoms with E-state index in [1.54, 1.807) is 0 Å². The van der Waals surface area contributed by atoms with Gasteiger partial charge in [0, 0.05) is 29.5 Å². The number of aryl methyl sites for hydroxylation is 2. The second kappa shape index (κ2) is 5.77. The Kier molecular flexibility index (Phi) is 4.09. The molecule has 0 amide bonds. The minimum Gasteiger partial charge on any atom is -0.399 e. The average molecular weight is 247 g/mol. The molecule has 2 aromatic rings. The number of hydrogen-bond acceptors (Lipinski definition) is 3. The predicted octanol–water partition coefficient (Wildman–Crippen LogP) is 2.96. The average Bonchev–Trinajstić information content (AvgIpc) is 2.79. The largest absolute Gasteiger partial charge is 0.399 e. The van der Waals surface area contributed by atoms with Crippen molar-refractivity contribution in [3.63, 3.8) is 0 Å². The molecule has 0 radical (unpaired) electrons. The van der Waals surface area contributed by atoms with E-state index >= 15 is 0 Å².